The Morgan fingerprint density at radius 2 is 2.30 bits per heavy atom. The molecule has 1 aliphatic rings. The summed E-state index contributed by atoms with van der Waals surface area (Å²) in [7, 11) is 1.56. The van der Waals surface area contributed by atoms with Gasteiger partial charge in [0.25, 0.3) is 0 Å². The zero-order valence-corrected chi connectivity index (χ0v) is 18.2. The van der Waals surface area contributed by atoms with E-state index in [1.54, 1.807) is 33.1 Å². The maximum Gasteiger partial charge on any atom is 0.407 e. The van der Waals surface area contributed by atoms with Crippen molar-refractivity contribution in [3.8, 4) is 6.07 Å². The Bertz CT molecular complexity index is 1190. The lowest BCUT2D eigenvalue weighted by Crippen LogP contribution is -2.36. The maximum atomic E-state index is 14.9. The van der Waals surface area contributed by atoms with Gasteiger partial charge in [0.2, 0.25) is 0 Å². The fourth-order valence-electron chi connectivity index (χ4n) is 3.42. The fourth-order valence-corrected chi connectivity index (χ4v) is 3.42. The van der Waals surface area contributed by atoms with Crippen LogP contribution in [0, 0.1) is 11.3 Å². The van der Waals surface area contributed by atoms with Gasteiger partial charge in [-0.25, -0.2) is 18.7 Å². The Labute approximate surface area is 188 Å². The lowest BCUT2D eigenvalue weighted by molar-refractivity contribution is 0.0615. The van der Waals surface area contributed by atoms with Crippen LogP contribution < -0.4 is 10.6 Å². The number of ether oxygens (including phenoxy) is 3. The first kappa shape index (κ1) is 22.4. The molecule has 0 saturated carbocycles. The monoisotopic (exact) mass is 458 g/mol. The molecular weight excluding hydrogens is 435 g/mol. The standard InChI is InChI=1S/C20H23FN8O4/c1-10(2)23-20(30)33-15-9-32-18(17(15)21)13-5-16(27-26-13)25-19-14-4-11(8-31-3)28-29(14)7-12(6-22)24-19/h4-5,7,10,15,17-18H,8-9H2,1-3H3,(H,23,30)(H2,24,25,26,27)/t15-,17+,18-/m1/s1. The first-order valence-corrected chi connectivity index (χ1v) is 10.2. The maximum absolute atomic E-state index is 14.9. The first-order valence-electron chi connectivity index (χ1n) is 10.2. The van der Waals surface area contributed by atoms with Gasteiger partial charge in [-0.3, -0.25) is 5.10 Å². The Kier molecular flexibility index (Phi) is 6.38. The number of amides is 1. The van der Waals surface area contributed by atoms with Crippen molar-refractivity contribution in [3.05, 3.63) is 35.4 Å². The van der Waals surface area contributed by atoms with Gasteiger partial charge in [0.1, 0.15) is 17.7 Å². The van der Waals surface area contributed by atoms with E-state index in [1.165, 1.54) is 10.7 Å². The minimum atomic E-state index is -1.57. The van der Waals surface area contributed by atoms with Crippen LogP contribution in [0.4, 0.5) is 20.8 Å². The second-order valence-electron chi connectivity index (χ2n) is 7.76. The van der Waals surface area contributed by atoms with E-state index in [2.05, 4.69) is 30.9 Å². The molecule has 1 aliphatic heterocycles. The van der Waals surface area contributed by atoms with Crippen LogP contribution in [0.2, 0.25) is 0 Å². The molecule has 4 rings (SSSR count). The van der Waals surface area contributed by atoms with Gasteiger partial charge in [-0.05, 0) is 19.9 Å². The molecule has 13 heteroatoms. The Morgan fingerprint density at radius 1 is 1.48 bits per heavy atom. The predicted molar refractivity (Wildman–Crippen MR) is 112 cm³/mol. The van der Waals surface area contributed by atoms with Crippen molar-refractivity contribution in [2.24, 2.45) is 0 Å². The number of halogens is 1. The van der Waals surface area contributed by atoms with Crippen molar-refractivity contribution in [1.82, 2.24) is 30.1 Å². The van der Waals surface area contributed by atoms with Gasteiger partial charge in [-0.15, -0.1) is 0 Å². The van der Waals surface area contributed by atoms with Gasteiger partial charge in [-0.2, -0.15) is 15.5 Å². The lowest BCUT2D eigenvalue weighted by atomic mass is 10.1. The molecule has 4 heterocycles. The number of aromatic nitrogens is 5. The van der Waals surface area contributed by atoms with E-state index < -0.39 is 24.5 Å². The third kappa shape index (κ3) is 4.86. The molecule has 0 unspecified atom stereocenters. The third-order valence-corrected chi connectivity index (χ3v) is 4.81. The number of methoxy groups -OCH3 is 1. The number of hydrogen-bond donors (Lipinski definition) is 3. The Hall–Kier alpha value is -3.76. The first-order chi connectivity index (χ1) is 15.9. The van der Waals surface area contributed by atoms with Crippen molar-refractivity contribution in [2.45, 2.75) is 44.9 Å². The van der Waals surface area contributed by atoms with Crippen LogP contribution in [-0.2, 0) is 20.8 Å². The summed E-state index contributed by atoms with van der Waals surface area (Å²) in [5.74, 6) is 0.680. The number of carbonyl (C=O) groups excluding carboxylic acids is 1. The summed E-state index contributed by atoms with van der Waals surface area (Å²) in [5, 5.41) is 26.1. The number of carbonyl (C=O) groups is 1. The fraction of sp³-hybridized carbons (Fsp3) is 0.450. The molecule has 0 radical (unpaired) electrons. The molecule has 12 nitrogen and oxygen atoms in total. The van der Waals surface area contributed by atoms with Gasteiger partial charge < -0.3 is 24.8 Å². The molecule has 0 aliphatic carbocycles. The molecular formula is C20H23FN8O4. The highest BCUT2D eigenvalue weighted by Gasteiger charge is 2.42. The zero-order chi connectivity index (χ0) is 23.5. The minimum Gasteiger partial charge on any atom is -0.441 e. The van der Waals surface area contributed by atoms with Crippen molar-refractivity contribution >= 4 is 23.2 Å². The number of alkyl carbamates (subject to hydrolysis) is 1. The second kappa shape index (κ2) is 9.39. The largest absolute Gasteiger partial charge is 0.441 e. The topological polar surface area (TPSA) is 151 Å². The number of alkyl halides is 1. The predicted octanol–water partition coefficient (Wildman–Crippen LogP) is 2.13. The number of hydrogen-bond acceptors (Lipinski definition) is 9. The number of H-pyrrole nitrogens is 1. The summed E-state index contributed by atoms with van der Waals surface area (Å²) >= 11 is 0. The van der Waals surface area contributed by atoms with Crippen LogP contribution in [0.15, 0.2) is 18.3 Å². The molecule has 1 fully saturated rings. The highest BCUT2D eigenvalue weighted by Crippen LogP contribution is 2.33. The molecule has 174 valence electrons. The molecule has 33 heavy (non-hydrogen) atoms. The molecule has 0 aromatic carbocycles. The number of nitrogens with one attached hydrogen (secondary N) is 3. The van der Waals surface area contributed by atoms with E-state index in [0.29, 0.717) is 35.1 Å². The van der Waals surface area contributed by atoms with E-state index in [4.69, 9.17) is 14.2 Å². The number of aromatic amines is 1. The average Bonchev–Trinajstić information content (AvgIpc) is 3.47. The van der Waals surface area contributed by atoms with Crippen LogP contribution in [0.1, 0.15) is 37.0 Å². The summed E-state index contributed by atoms with van der Waals surface area (Å²) in [5.41, 5.74) is 1.78. The van der Waals surface area contributed by atoms with E-state index in [0.717, 1.165) is 0 Å². The SMILES string of the molecule is COCc1cc2c(Nc3cc([C@H]4OC[C@@H](OC(=O)NC(C)C)[C@@H]4F)[nH]n3)nc(C#N)cn2n1. The van der Waals surface area contributed by atoms with Crippen molar-refractivity contribution < 1.29 is 23.4 Å². The Balaban J connectivity index is 1.50. The minimum absolute atomic E-state index is 0.0797. The molecule has 3 N–H and O–H groups in total. The van der Waals surface area contributed by atoms with E-state index in [9.17, 15) is 14.4 Å². The normalized spacial score (nSPS) is 20.2. The van der Waals surface area contributed by atoms with Gasteiger partial charge in [-0.1, -0.05) is 0 Å². The Morgan fingerprint density at radius 3 is 3.03 bits per heavy atom. The van der Waals surface area contributed by atoms with Crippen LogP contribution >= 0.6 is 0 Å². The third-order valence-electron chi connectivity index (χ3n) is 4.81. The van der Waals surface area contributed by atoms with E-state index in [1.807, 2.05) is 6.07 Å². The van der Waals surface area contributed by atoms with Crippen LogP contribution in [0.25, 0.3) is 5.52 Å². The van der Waals surface area contributed by atoms with Crippen LogP contribution in [0.3, 0.4) is 0 Å². The second-order valence-corrected chi connectivity index (χ2v) is 7.76. The van der Waals surface area contributed by atoms with Gasteiger partial charge >= 0.3 is 6.09 Å². The molecule has 3 atom stereocenters. The van der Waals surface area contributed by atoms with Crippen LogP contribution in [0.5, 0.6) is 0 Å². The zero-order valence-electron chi connectivity index (χ0n) is 18.2. The van der Waals surface area contributed by atoms with E-state index >= 15 is 0 Å². The summed E-state index contributed by atoms with van der Waals surface area (Å²) < 4.78 is 32.1. The number of nitriles is 1. The number of anilines is 2. The number of rotatable bonds is 7. The summed E-state index contributed by atoms with van der Waals surface area (Å²) in [4.78, 5) is 16.1. The van der Waals surface area contributed by atoms with Gasteiger partial charge in [0, 0.05) is 19.2 Å². The highest BCUT2D eigenvalue weighted by molar-refractivity contribution is 5.73. The number of nitrogens with zero attached hydrogens (tertiary/aromatic N) is 5. The van der Waals surface area contributed by atoms with Gasteiger partial charge in [0.15, 0.2) is 29.6 Å². The smallest absolute Gasteiger partial charge is 0.407 e. The van der Waals surface area contributed by atoms with Crippen molar-refractivity contribution in [2.75, 3.05) is 19.0 Å². The molecule has 3 aromatic rings. The molecule has 0 spiro atoms. The lowest BCUT2D eigenvalue weighted by Gasteiger charge is -2.16. The van der Waals surface area contributed by atoms with Crippen molar-refractivity contribution in [3.63, 3.8) is 0 Å². The quantitative estimate of drug-likeness (QED) is 0.483. The summed E-state index contributed by atoms with van der Waals surface area (Å²) in [6, 6.07) is 5.20. The summed E-state index contributed by atoms with van der Waals surface area (Å²) in [6.07, 6.45) is -2.78. The number of fused-ring (bicyclic) bond motifs is 1. The molecule has 1 amide bonds. The van der Waals surface area contributed by atoms with Gasteiger partial charge in [0.05, 0.1) is 30.8 Å². The van der Waals surface area contributed by atoms with Crippen molar-refractivity contribution in [1.29, 1.82) is 5.26 Å². The molecule has 0 bridgehead atoms. The van der Waals surface area contributed by atoms with E-state index in [-0.39, 0.29) is 18.3 Å². The average molecular weight is 458 g/mol. The van der Waals surface area contributed by atoms with Crippen LogP contribution in [-0.4, -0.2) is 62.9 Å². The highest BCUT2D eigenvalue weighted by atomic mass is 19.1. The molecule has 1 saturated heterocycles. The molecule has 3 aromatic heterocycles. The summed E-state index contributed by atoms with van der Waals surface area (Å²) in [6.45, 7) is 3.77.